The molecule has 0 spiro atoms. The lowest BCUT2D eigenvalue weighted by molar-refractivity contribution is 0.122. The Morgan fingerprint density at radius 1 is 0.795 bits per heavy atom. The lowest BCUT2D eigenvalue weighted by Crippen LogP contribution is -2.43. The summed E-state index contributed by atoms with van der Waals surface area (Å²) in [6.45, 7) is 6.33. The second kappa shape index (κ2) is 11.0. The molecule has 39 heavy (non-hydrogen) atoms. The van der Waals surface area contributed by atoms with Crippen molar-refractivity contribution in [2.45, 2.75) is 31.8 Å². The Balaban J connectivity index is 1.39. The molecule has 5 heterocycles. The molecule has 3 aliphatic heterocycles. The first-order valence-corrected chi connectivity index (χ1v) is 13.8. The fraction of sp³-hybridized carbons (Fsp3) is 0.571. The number of benzene rings is 1. The largest absolute Gasteiger partial charge is 0.493 e. The van der Waals surface area contributed by atoms with Crippen LogP contribution in [0.3, 0.4) is 0 Å². The van der Waals surface area contributed by atoms with Gasteiger partial charge in [0.15, 0.2) is 23.1 Å². The van der Waals surface area contributed by atoms with Gasteiger partial charge in [0.25, 0.3) is 0 Å². The van der Waals surface area contributed by atoms with E-state index in [0.29, 0.717) is 25.8 Å². The summed E-state index contributed by atoms with van der Waals surface area (Å²) in [6.07, 6.45) is 4.71. The average Bonchev–Trinajstić information content (AvgIpc) is 2.99. The smallest absolute Gasteiger partial charge is 0.228 e. The molecule has 0 radical (unpaired) electrons. The molecule has 0 aliphatic carbocycles. The molecule has 6 rings (SSSR count). The molecule has 0 unspecified atom stereocenters. The van der Waals surface area contributed by atoms with Crippen molar-refractivity contribution in [3.8, 4) is 11.5 Å². The van der Waals surface area contributed by atoms with Gasteiger partial charge in [-0.3, -0.25) is 0 Å². The first-order valence-electron chi connectivity index (χ1n) is 13.8. The van der Waals surface area contributed by atoms with Crippen molar-refractivity contribution in [1.29, 1.82) is 0 Å². The maximum Gasteiger partial charge on any atom is 0.228 e. The van der Waals surface area contributed by atoms with E-state index in [0.717, 1.165) is 92.1 Å². The van der Waals surface area contributed by atoms with E-state index in [1.165, 1.54) is 11.1 Å². The number of aromatic nitrogens is 4. The fourth-order valence-corrected chi connectivity index (χ4v) is 5.92. The first kappa shape index (κ1) is 25.8. The molecule has 2 fully saturated rings. The molecule has 0 bridgehead atoms. The molecule has 11 nitrogen and oxygen atoms in total. The Morgan fingerprint density at radius 3 is 2.21 bits per heavy atom. The summed E-state index contributed by atoms with van der Waals surface area (Å²) in [6, 6.07) is 4.76. The van der Waals surface area contributed by atoms with Crippen molar-refractivity contribution in [1.82, 2.24) is 24.8 Å². The van der Waals surface area contributed by atoms with Gasteiger partial charge in [0.2, 0.25) is 5.95 Å². The maximum absolute atomic E-state index is 5.64. The predicted molar refractivity (Wildman–Crippen MR) is 151 cm³/mol. The summed E-state index contributed by atoms with van der Waals surface area (Å²) >= 11 is 0. The molecule has 2 aromatic heterocycles. The lowest BCUT2D eigenvalue weighted by atomic mass is 9.98. The van der Waals surface area contributed by atoms with E-state index >= 15 is 0 Å². The van der Waals surface area contributed by atoms with Crippen LogP contribution in [0.25, 0.3) is 11.0 Å². The maximum atomic E-state index is 5.64. The third-order valence-electron chi connectivity index (χ3n) is 8.24. The van der Waals surface area contributed by atoms with Gasteiger partial charge in [-0.15, -0.1) is 0 Å². The van der Waals surface area contributed by atoms with Crippen molar-refractivity contribution in [3.63, 3.8) is 0 Å². The second-order valence-electron chi connectivity index (χ2n) is 10.7. The van der Waals surface area contributed by atoms with E-state index in [2.05, 4.69) is 45.8 Å². The third kappa shape index (κ3) is 5.00. The van der Waals surface area contributed by atoms with E-state index in [1.807, 2.05) is 0 Å². The highest BCUT2D eigenvalue weighted by atomic mass is 16.5. The average molecular weight is 535 g/mol. The molecular formula is C28H38N8O3. The molecule has 3 aliphatic rings. The molecule has 1 aromatic carbocycles. The van der Waals surface area contributed by atoms with Gasteiger partial charge in [0, 0.05) is 45.3 Å². The topological polar surface area (TPSA) is 92.2 Å². The number of fused-ring (bicyclic) bond motifs is 2. The van der Waals surface area contributed by atoms with Gasteiger partial charge in [0.1, 0.15) is 17.4 Å². The number of ether oxygens (including phenoxy) is 3. The molecule has 11 heteroatoms. The quantitative estimate of drug-likeness (QED) is 0.467. The number of piperidine rings is 1. The van der Waals surface area contributed by atoms with Crippen molar-refractivity contribution in [2.24, 2.45) is 0 Å². The fourth-order valence-electron chi connectivity index (χ4n) is 5.92. The number of nitrogens with zero attached hydrogens (tertiary/aromatic N) is 8. The summed E-state index contributed by atoms with van der Waals surface area (Å²) in [4.78, 5) is 29.0. The number of anilines is 3. The highest BCUT2D eigenvalue weighted by Gasteiger charge is 2.28. The lowest BCUT2D eigenvalue weighted by Gasteiger charge is -2.36. The third-order valence-corrected chi connectivity index (χ3v) is 8.24. The molecule has 0 atom stereocenters. The molecule has 0 amide bonds. The van der Waals surface area contributed by atoms with Crippen LogP contribution in [0.4, 0.5) is 17.6 Å². The van der Waals surface area contributed by atoms with E-state index < -0.39 is 0 Å². The molecular weight excluding hydrogens is 496 g/mol. The minimum Gasteiger partial charge on any atom is -0.493 e. The van der Waals surface area contributed by atoms with Crippen LogP contribution in [-0.4, -0.2) is 105 Å². The van der Waals surface area contributed by atoms with Crippen LogP contribution in [0.15, 0.2) is 18.5 Å². The molecule has 3 aromatic rings. The number of hydrogen-bond donors (Lipinski definition) is 0. The summed E-state index contributed by atoms with van der Waals surface area (Å²) in [5.41, 5.74) is 4.09. The van der Waals surface area contributed by atoms with E-state index in [1.54, 1.807) is 20.5 Å². The van der Waals surface area contributed by atoms with E-state index in [-0.39, 0.29) is 0 Å². The van der Waals surface area contributed by atoms with Gasteiger partial charge in [-0.1, -0.05) is 0 Å². The zero-order valence-electron chi connectivity index (χ0n) is 23.4. The highest BCUT2D eigenvalue weighted by Crippen LogP contribution is 2.36. The number of methoxy groups -OCH3 is 2. The van der Waals surface area contributed by atoms with Crippen LogP contribution in [-0.2, 0) is 17.7 Å². The van der Waals surface area contributed by atoms with E-state index in [4.69, 9.17) is 34.1 Å². The summed E-state index contributed by atoms with van der Waals surface area (Å²) in [5, 5.41) is 0. The molecule has 0 saturated carbocycles. The normalized spacial score (nSPS) is 18.5. The Bertz CT molecular complexity index is 1320. The van der Waals surface area contributed by atoms with Gasteiger partial charge < -0.3 is 33.8 Å². The minimum atomic E-state index is 0.586. The Morgan fingerprint density at radius 2 is 1.51 bits per heavy atom. The van der Waals surface area contributed by atoms with Crippen molar-refractivity contribution in [3.05, 3.63) is 29.6 Å². The van der Waals surface area contributed by atoms with Gasteiger partial charge >= 0.3 is 0 Å². The van der Waals surface area contributed by atoms with Crippen LogP contribution in [0.5, 0.6) is 11.5 Å². The molecule has 2 saturated heterocycles. The van der Waals surface area contributed by atoms with Crippen molar-refractivity contribution in [2.75, 3.05) is 89.0 Å². The number of morpholine rings is 1. The molecule has 208 valence electrons. The van der Waals surface area contributed by atoms with Crippen LogP contribution in [0.2, 0.25) is 0 Å². The standard InChI is InChI=1S/C28H38N8O3/c1-33(2)21-6-9-35(10-7-21)28-31-25-24(27(32-28)34-11-13-39-14-12-34)29-18-30-26(25)36-8-5-19-15-22(37-3)23(38-4)16-20(19)17-36/h15-16,18,21H,5-14,17H2,1-4H3. The zero-order chi connectivity index (χ0) is 26.9. The summed E-state index contributed by atoms with van der Waals surface area (Å²) in [5.74, 6) is 4.00. The number of hydrogen-bond acceptors (Lipinski definition) is 11. The SMILES string of the molecule is COc1cc2c(cc1OC)CN(c1ncnc3c(N4CCOCC4)nc(N4CCC(N(C)C)CC4)nc13)CC2. The molecule has 0 N–H and O–H groups in total. The Labute approximate surface area is 229 Å². The monoisotopic (exact) mass is 534 g/mol. The van der Waals surface area contributed by atoms with Gasteiger partial charge in [-0.25, -0.2) is 15.0 Å². The predicted octanol–water partition coefficient (Wildman–Crippen LogP) is 2.37. The Hall–Kier alpha value is -3.44. The van der Waals surface area contributed by atoms with Crippen LogP contribution in [0, 0.1) is 0 Å². The first-order chi connectivity index (χ1) is 19.1. The van der Waals surface area contributed by atoms with Crippen molar-refractivity contribution < 1.29 is 14.2 Å². The van der Waals surface area contributed by atoms with Gasteiger partial charge in [-0.2, -0.15) is 4.98 Å². The Kier molecular flexibility index (Phi) is 7.26. The zero-order valence-corrected chi connectivity index (χ0v) is 23.4. The van der Waals surface area contributed by atoms with Crippen LogP contribution in [0.1, 0.15) is 24.0 Å². The van der Waals surface area contributed by atoms with Gasteiger partial charge in [0.05, 0.1) is 27.4 Å². The van der Waals surface area contributed by atoms with Crippen LogP contribution < -0.4 is 24.2 Å². The minimum absolute atomic E-state index is 0.586. The second-order valence-corrected chi connectivity index (χ2v) is 10.7. The van der Waals surface area contributed by atoms with Crippen LogP contribution >= 0.6 is 0 Å². The van der Waals surface area contributed by atoms with Crippen molar-refractivity contribution >= 4 is 28.6 Å². The highest BCUT2D eigenvalue weighted by molar-refractivity contribution is 5.94. The number of rotatable bonds is 6. The summed E-state index contributed by atoms with van der Waals surface area (Å²) in [7, 11) is 7.68. The summed E-state index contributed by atoms with van der Waals surface area (Å²) < 4.78 is 16.8. The van der Waals surface area contributed by atoms with Gasteiger partial charge in [-0.05, 0) is 56.6 Å². The van der Waals surface area contributed by atoms with E-state index in [9.17, 15) is 0 Å².